The highest BCUT2D eigenvalue weighted by Gasteiger charge is 2.07. The van der Waals surface area contributed by atoms with Crippen molar-refractivity contribution in [3.05, 3.63) is 42.0 Å². The highest BCUT2D eigenvalue weighted by molar-refractivity contribution is 6.09. The molecule has 0 aliphatic rings. The molecular formula is C16H18N2O2. The molecule has 0 aliphatic carbocycles. The van der Waals surface area contributed by atoms with Crippen LogP contribution in [-0.2, 0) is 11.2 Å². The van der Waals surface area contributed by atoms with Crippen molar-refractivity contribution in [1.29, 1.82) is 0 Å². The second-order valence-electron chi connectivity index (χ2n) is 4.65. The summed E-state index contributed by atoms with van der Waals surface area (Å²) in [7, 11) is 0. The van der Waals surface area contributed by atoms with Gasteiger partial charge in [-0.15, -0.1) is 0 Å². The number of nitrogens with two attached hydrogens (primary N) is 1. The van der Waals surface area contributed by atoms with Crippen molar-refractivity contribution in [3.63, 3.8) is 0 Å². The van der Waals surface area contributed by atoms with Gasteiger partial charge in [-0.25, -0.2) is 0 Å². The van der Waals surface area contributed by atoms with E-state index in [1.165, 1.54) is 27.4 Å². The largest absolute Gasteiger partial charge is 0.481 e. The third-order valence-corrected chi connectivity index (χ3v) is 3.10. The van der Waals surface area contributed by atoms with Crippen LogP contribution >= 0.6 is 0 Å². The first-order valence-corrected chi connectivity index (χ1v) is 6.51. The van der Waals surface area contributed by atoms with Crippen molar-refractivity contribution in [1.82, 2.24) is 4.98 Å². The fraction of sp³-hybridized carbons (Fsp3) is 0.188. The van der Waals surface area contributed by atoms with E-state index in [1.54, 1.807) is 0 Å². The fourth-order valence-electron chi connectivity index (χ4n) is 2.33. The summed E-state index contributed by atoms with van der Waals surface area (Å²) in [5.41, 5.74) is 10.5. The molecular weight excluding hydrogens is 252 g/mol. The zero-order chi connectivity index (χ0) is 14.7. The van der Waals surface area contributed by atoms with E-state index < -0.39 is 5.97 Å². The summed E-state index contributed by atoms with van der Waals surface area (Å²) < 4.78 is 0. The van der Waals surface area contributed by atoms with Crippen molar-refractivity contribution in [3.8, 4) is 0 Å². The molecule has 104 valence electrons. The van der Waals surface area contributed by atoms with Gasteiger partial charge in [0.05, 0.1) is 0 Å². The lowest BCUT2D eigenvalue weighted by molar-refractivity contribution is -0.134. The number of hydrogen-bond acceptors (Lipinski definition) is 2. The second kappa shape index (κ2) is 5.65. The molecule has 4 N–H and O–H groups in total. The maximum Gasteiger partial charge on any atom is 0.300 e. The smallest absolute Gasteiger partial charge is 0.300 e. The predicted octanol–water partition coefficient (Wildman–Crippen LogP) is 3.56. The van der Waals surface area contributed by atoms with Crippen molar-refractivity contribution >= 4 is 33.5 Å². The molecule has 3 aromatic rings. The lowest BCUT2D eigenvalue weighted by Gasteiger charge is -2.01. The van der Waals surface area contributed by atoms with E-state index in [9.17, 15) is 0 Å². The first kappa shape index (κ1) is 13.9. The van der Waals surface area contributed by atoms with Gasteiger partial charge in [-0.1, -0.05) is 25.1 Å². The Hall–Kier alpha value is -2.49. The van der Waals surface area contributed by atoms with E-state index >= 15 is 0 Å². The van der Waals surface area contributed by atoms with Gasteiger partial charge in [-0.2, -0.15) is 0 Å². The molecule has 0 saturated heterocycles. The monoisotopic (exact) mass is 270 g/mol. The molecule has 0 radical (unpaired) electrons. The van der Waals surface area contributed by atoms with Crippen LogP contribution in [0.2, 0.25) is 0 Å². The Kier molecular flexibility index (Phi) is 3.94. The quantitative estimate of drug-likeness (QED) is 0.591. The molecule has 0 aliphatic heterocycles. The number of aromatic nitrogens is 1. The number of fused-ring (bicyclic) bond motifs is 3. The highest BCUT2D eigenvalue weighted by Crippen LogP contribution is 2.29. The molecule has 4 nitrogen and oxygen atoms in total. The summed E-state index contributed by atoms with van der Waals surface area (Å²) in [6.45, 7) is 3.24. The van der Waals surface area contributed by atoms with Crippen molar-refractivity contribution in [2.75, 3.05) is 5.73 Å². The molecule has 0 unspecified atom stereocenters. The number of nitrogens with one attached hydrogen (secondary N) is 1. The number of hydrogen-bond donors (Lipinski definition) is 3. The summed E-state index contributed by atoms with van der Waals surface area (Å²) in [5.74, 6) is -0.833. The fourth-order valence-corrected chi connectivity index (χ4v) is 2.33. The Labute approximate surface area is 117 Å². The second-order valence-corrected chi connectivity index (χ2v) is 4.65. The van der Waals surface area contributed by atoms with Crippen LogP contribution in [0.15, 0.2) is 36.4 Å². The number of nitrogen functional groups attached to an aromatic ring is 1. The number of H-pyrrole nitrogens is 1. The molecule has 20 heavy (non-hydrogen) atoms. The van der Waals surface area contributed by atoms with Gasteiger partial charge >= 0.3 is 0 Å². The molecule has 1 aromatic heterocycles. The van der Waals surface area contributed by atoms with E-state index in [2.05, 4.69) is 36.2 Å². The van der Waals surface area contributed by atoms with Crippen molar-refractivity contribution in [2.45, 2.75) is 20.3 Å². The third-order valence-electron chi connectivity index (χ3n) is 3.10. The Morgan fingerprint density at radius 2 is 1.90 bits per heavy atom. The molecule has 0 spiro atoms. The van der Waals surface area contributed by atoms with Crippen molar-refractivity contribution < 1.29 is 9.90 Å². The lowest BCUT2D eigenvalue weighted by atomic mass is 10.1. The van der Waals surface area contributed by atoms with Crippen LogP contribution in [0.1, 0.15) is 19.4 Å². The number of anilines is 1. The number of aromatic amines is 1. The molecule has 0 fully saturated rings. The number of carboxylic acid groups (broad SMARTS) is 1. The average Bonchev–Trinajstić information content (AvgIpc) is 2.76. The molecule has 0 atom stereocenters. The number of aryl methyl sites for hydroxylation is 1. The summed E-state index contributed by atoms with van der Waals surface area (Å²) in [6.07, 6.45) is 0.994. The normalized spacial score (nSPS) is 10.3. The Morgan fingerprint density at radius 1 is 1.25 bits per heavy atom. The van der Waals surface area contributed by atoms with Crippen LogP contribution in [0.4, 0.5) is 5.69 Å². The van der Waals surface area contributed by atoms with Gasteiger partial charge in [0, 0.05) is 34.4 Å². The number of aliphatic carboxylic acids is 1. The van der Waals surface area contributed by atoms with E-state index in [4.69, 9.17) is 15.6 Å². The summed E-state index contributed by atoms with van der Waals surface area (Å²) >= 11 is 0. The first-order valence-electron chi connectivity index (χ1n) is 6.51. The minimum atomic E-state index is -0.833. The maximum absolute atomic E-state index is 9.00. The number of carbonyl (C=O) groups is 1. The Bertz CT molecular complexity index is 756. The molecule has 1 heterocycles. The zero-order valence-corrected chi connectivity index (χ0v) is 11.6. The molecule has 4 heteroatoms. The van der Waals surface area contributed by atoms with Gasteiger partial charge in [-0.3, -0.25) is 4.79 Å². The Balaban J connectivity index is 0.000000328. The molecule has 2 aromatic carbocycles. The van der Waals surface area contributed by atoms with Gasteiger partial charge in [0.1, 0.15) is 0 Å². The molecule has 0 amide bonds. The average molecular weight is 270 g/mol. The minimum absolute atomic E-state index is 0.833. The van der Waals surface area contributed by atoms with Crippen LogP contribution in [0.5, 0.6) is 0 Å². The van der Waals surface area contributed by atoms with E-state index in [0.29, 0.717) is 0 Å². The van der Waals surface area contributed by atoms with Crippen LogP contribution in [0, 0.1) is 0 Å². The SMILES string of the molecule is CC(=O)O.CCc1cc(N)cc2c1[nH]c1ccccc12. The maximum atomic E-state index is 9.00. The van der Waals surface area contributed by atoms with Crippen LogP contribution in [0.3, 0.4) is 0 Å². The number of para-hydroxylation sites is 1. The van der Waals surface area contributed by atoms with Crippen LogP contribution in [-0.4, -0.2) is 16.1 Å². The molecule has 3 rings (SSSR count). The van der Waals surface area contributed by atoms with Crippen LogP contribution in [0.25, 0.3) is 21.8 Å². The van der Waals surface area contributed by atoms with E-state index in [1.807, 2.05) is 12.1 Å². The van der Waals surface area contributed by atoms with Gasteiger partial charge in [-0.05, 0) is 30.2 Å². The first-order chi connectivity index (χ1) is 9.52. The number of benzene rings is 2. The number of rotatable bonds is 1. The van der Waals surface area contributed by atoms with Gasteiger partial charge in [0.2, 0.25) is 0 Å². The van der Waals surface area contributed by atoms with E-state index in [0.717, 1.165) is 19.0 Å². The Morgan fingerprint density at radius 3 is 2.55 bits per heavy atom. The van der Waals surface area contributed by atoms with Gasteiger partial charge in [0.25, 0.3) is 5.97 Å². The van der Waals surface area contributed by atoms with Gasteiger partial charge in [0.15, 0.2) is 0 Å². The predicted molar refractivity (Wildman–Crippen MR) is 82.9 cm³/mol. The van der Waals surface area contributed by atoms with Crippen LogP contribution < -0.4 is 5.73 Å². The lowest BCUT2D eigenvalue weighted by Crippen LogP contribution is -1.89. The summed E-state index contributed by atoms with van der Waals surface area (Å²) in [4.78, 5) is 12.5. The van der Waals surface area contributed by atoms with E-state index in [-0.39, 0.29) is 0 Å². The van der Waals surface area contributed by atoms with Gasteiger partial charge < -0.3 is 15.8 Å². The highest BCUT2D eigenvalue weighted by atomic mass is 16.4. The summed E-state index contributed by atoms with van der Waals surface area (Å²) in [6, 6.07) is 12.4. The standard InChI is InChI=1S/C14H14N2.C2H4O2/c1-2-9-7-10(15)8-12-11-5-3-4-6-13(11)16-14(9)12;1-2(3)4/h3-8,16H,2,15H2,1H3;1H3,(H,3,4). The molecule has 0 saturated carbocycles. The minimum Gasteiger partial charge on any atom is -0.481 e. The van der Waals surface area contributed by atoms with Crippen molar-refractivity contribution in [2.24, 2.45) is 0 Å². The summed E-state index contributed by atoms with van der Waals surface area (Å²) in [5, 5.41) is 9.90. The molecule has 0 bridgehead atoms. The zero-order valence-electron chi connectivity index (χ0n) is 11.6. The topological polar surface area (TPSA) is 79.1 Å². The number of carboxylic acids is 1. The third kappa shape index (κ3) is 2.74.